The molecule has 0 bridgehead atoms. The first-order valence-electron chi connectivity index (χ1n) is 9.85. The number of carbonyl (C=O) groups is 1. The summed E-state index contributed by atoms with van der Waals surface area (Å²) in [5.41, 5.74) is -0.0521. The fraction of sp³-hybridized carbons (Fsp3) is 0.273. The van der Waals surface area contributed by atoms with E-state index in [4.69, 9.17) is 5.26 Å². The molecule has 2 aromatic carbocycles. The predicted molar refractivity (Wildman–Crippen MR) is 112 cm³/mol. The summed E-state index contributed by atoms with van der Waals surface area (Å²) >= 11 is 0. The van der Waals surface area contributed by atoms with Gasteiger partial charge >= 0.3 is 12.2 Å². The third-order valence-electron chi connectivity index (χ3n) is 5.68. The Balaban J connectivity index is 1.88. The number of rotatable bonds is 3. The lowest BCUT2D eigenvalue weighted by Gasteiger charge is -2.36. The molecule has 2 amide bonds. The van der Waals surface area contributed by atoms with Crippen molar-refractivity contribution >= 4 is 21.6 Å². The van der Waals surface area contributed by atoms with E-state index in [0.717, 1.165) is 23.3 Å². The van der Waals surface area contributed by atoms with Crippen LogP contribution in [0.15, 0.2) is 58.6 Å². The lowest BCUT2D eigenvalue weighted by Crippen LogP contribution is -2.47. The number of alkyl halides is 3. The van der Waals surface area contributed by atoms with Crippen LogP contribution in [0.3, 0.4) is 0 Å². The highest BCUT2D eigenvalue weighted by molar-refractivity contribution is 7.90. The Morgan fingerprint density at radius 3 is 2.58 bits per heavy atom. The summed E-state index contributed by atoms with van der Waals surface area (Å²) in [6, 6.07) is 8.36. The number of hydrogen-bond donors (Lipinski definition) is 2. The van der Waals surface area contributed by atoms with E-state index in [1.54, 1.807) is 0 Å². The molecule has 1 unspecified atom stereocenters. The highest BCUT2D eigenvalue weighted by Gasteiger charge is 2.43. The van der Waals surface area contributed by atoms with E-state index in [2.05, 4.69) is 5.32 Å². The van der Waals surface area contributed by atoms with Gasteiger partial charge in [-0.25, -0.2) is 13.2 Å². The summed E-state index contributed by atoms with van der Waals surface area (Å²) in [6.07, 6.45) is -4.25. The topological polar surface area (TPSA) is 110 Å². The second-order valence-electron chi connectivity index (χ2n) is 7.86. The first kappa shape index (κ1) is 22.8. The number of nitrogens with one attached hydrogen (secondary N) is 1. The van der Waals surface area contributed by atoms with Crippen molar-refractivity contribution in [1.82, 2.24) is 5.32 Å². The fourth-order valence-corrected chi connectivity index (χ4v) is 5.21. The lowest BCUT2D eigenvalue weighted by atomic mass is 9.93. The van der Waals surface area contributed by atoms with Crippen molar-refractivity contribution in [3.05, 3.63) is 70.4 Å². The number of urea groups is 1. The highest BCUT2D eigenvalue weighted by atomic mass is 32.2. The third kappa shape index (κ3) is 4.07. The van der Waals surface area contributed by atoms with Crippen LogP contribution < -0.4 is 10.2 Å². The molecule has 7 nitrogen and oxygen atoms in total. The van der Waals surface area contributed by atoms with Crippen LogP contribution in [0.1, 0.15) is 35.6 Å². The van der Waals surface area contributed by atoms with Gasteiger partial charge in [-0.2, -0.15) is 18.4 Å². The average Bonchev–Trinajstić information content (AvgIpc) is 3.13. The summed E-state index contributed by atoms with van der Waals surface area (Å²) in [5, 5.41) is 22.5. The quantitative estimate of drug-likeness (QED) is 0.701. The minimum atomic E-state index is -4.61. The molecule has 1 heterocycles. The van der Waals surface area contributed by atoms with E-state index in [1.807, 2.05) is 6.07 Å². The molecule has 0 fully saturated rings. The van der Waals surface area contributed by atoms with Crippen molar-refractivity contribution in [2.24, 2.45) is 0 Å². The van der Waals surface area contributed by atoms with Crippen LogP contribution in [0.5, 0.6) is 0 Å². The van der Waals surface area contributed by atoms with Crippen molar-refractivity contribution < 1.29 is 31.5 Å². The summed E-state index contributed by atoms with van der Waals surface area (Å²) in [5.74, 6) is 0. The Hall–Kier alpha value is -3.36. The Kier molecular flexibility index (Phi) is 5.46. The van der Waals surface area contributed by atoms with E-state index in [0.29, 0.717) is 11.3 Å². The van der Waals surface area contributed by atoms with E-state index in [-0.39, 0.29) is 34.6 Å². The molecule has 2 aliphatic rings. The SMILES string of the molecule is CS(=O)(=O)c1cc(C#N)ccc1[C@@H]1NC(=O)N(c2cccc(C(F)(F)F)c2)C2=C1C(O)CC2. The number of anilines is 1. The molecule has 0 aromatic heterocycles. The normalized spacial score (nSPS) is 21.0. The van der Waals surface area contributed by atoms with E-state index >= 15 is 0 Å². The number of nitriles is 1. The van der Waals surface area contributed by atoms with Gasteiger partial charge in [-0.3, -0.25) is 4.90 Å². The number of halogens is 3. The van der Waals surface area contributed by atoms with Gasteiger partial charge < -0.3 is 10.4 Å². The molecule has 0 saturated heterocycles. The third-order valence-corrected chi connectivity index (χ3v) is 6.84. The van der Waals surface area contributed by atoms with E-state index in [1.165, 1.54) is 30.3 Å². The number of hydrogen-bond acceptors (Lipinski definition) is 5. The molecular weight excluding hydrogens is 459 g/mol. The summed E-state index contributed by atoms with van der Waals surface area (Å²) < 4.78 is 64.5. The smallest absolute Gasteiger partial charge is 0.389 e. The van der Waals surface area contributed by atoms with Gasteiger partial charge in [-0.15, -0.1) is 0 Å². The summed E-state index contributed by atoms with van der Waals surface area (Å²) in [6.45, 7) is 0. The van der Waals surface area contributed by atoms with Gasteiger partial charge in [0.2, 0.25) is 0 Å². The molecule has 2 aromatic rings. The number of benzene rings is 2. The molecule has 11 heteroatoms. The van der Waals surface area contributed by atoms with Crippen LogP contribution in [-0.2, 0) is 16.0 Å². The van der Waals surface area contributed by atoms with Crippen molar-refractivity contribution in [1.29, 1.82) is 5.26 Å². The number of allylic oxidation sites excluding steroid dienone is 1. The molecule has 172 valence electrons. The number of amides is 2. The Morgan fingerprint density at radius 1 is 1.21 bits per heavy atom. The minimum Gasteiger partial charge on any atom is -0.389 e. The maximum Gasteiger partial charge on any atom is 0.416 e. The Labute approximate surface area is 187 Å². The molecule has 33 heavy (non-hydrogen) atoms. The second-order valence-corrected chi connectivity index (χ2v) is 9.84. The molecule has 4 rings (SSSR count). The zero-order chi connectivity index (χ0) is 24.1. The maximum absolute atomic E-state index is 13.2. The number of aliphatic hydroxyl groups is 1. The van der Waals surface area contributed by atoms with Gasteiger partial charge in [0.1, 0.15) is 0 Å². The molecule has 1 aliphatic heterocycles. The van der Waals surface area contributed by atoms with Gasteiger partial charge in [-0.1, -0.05) is 12.1 Å². The largest absolute Gasteiger partial charge is 0.416 e. The molecule has 2 atom stereocenters. The summed E-state index contributed by atoms with van der Waals surface area (Å²) in [7, 11) is -3.81. The molecule has 2 N–H and O–H groups in total. The lowest BCUT2D eigenvalue weighted by molar-refractivity contribution is -0.137. The van der Waals surface area contributed by atoms with Crippen LogP contribution in [0.2, 0.25) is 0 Å². The number of aliphatic hydroxyl groups excluding tert-OH is 1. The first-order chi connectivity index (χ1) is 15.4. The predicted octanol–water partition coefficient (Wildman–Crippen LogP) is 3.66. The maximum atomic E-state index is 13.2. The highest BCUT2D eigenvalue weighted by Crippen LogP contribution is 2.44. The Morgan fingerprint density at radius 2 is 1.94 bits per heavy atom. The van der Waals surface area contributed by atoms with Crippen molar-refractivity contribution in [2.75, 3.05) is 11.2 Å². The molecular formula is C22H18F3N3O4S. The van der Waals surface area contributed by atoms with Crippen LogP contribution >= 0.6 is 0 Å². The molecule has 0 radical (unpaired) electrons. The standard InChI is InChI=1S/C22H18F3N3O4S/c1-33(31,32)18-9-12(11-26)5-6-15(18)20-19-16(7-8-17(19)29)28(21(30)27-20)14-4-2-3-13(10-14)22(23,24)25/h2-6,9-10,17,20,29H,7-8H2,1H3,(H,27,30)/t17?,20-/m0/s1. The van der Waals surface area contributed by atoms with Gasteiger partial charge in [-0.05, 0) is 48.7 Å². The van der Waals surface area contributed by atoms with Crippen LogP contribution in [0.4, 0.5) is 23.7 Å². The fourth-order valence-electron chi connectivity index (χ4n) is 4.26. The van der Waals surface area contributed by atoms with Crippen molar-refractivity contribution in [2.45, 2.75) is 36.1 Å². The van der Waals surface area contributed by atoms with Gasteiger partial charge in [0.05, 0.1) is 39.9 Å². The average molecular weight is 477 g/mol. The number of nitrogens with zero attached hydrogens (tertiary/aromatic N) is 2. The molecule has 0 saturated carbocycles. The van der Waals surface area contributed by atoms with E-state index in [9.17, 15) is 31.5 Å². The number of sulfone groups is 1. The zero-order valence-corrected chi connectivity index (χ0v) is 18.0. The van der Waals surface area contributed by atoms with Gasteiger partial charge in [0.25, 0.3) is 0 Å². The van der Waals surface area contributed by atoms with Crippen molar-refractivity contribution in [3.63, 3.8) is 0 Å². The van der Waals surface area contributed by atoms with Gasteiger partial charge in [0, 0.05) is 17.5 Å². The minimum absolute atomic E-state index is 0.0226. The zero-order valence-electron chi connectivity index (χ0n) is 17.2. The molecule has 0 spiro atoms. The van der Waals surface area contributed by atoms with Crippen LogP contribution in [0.25, 0.3) is 0 Å². The second kappa shape index (κ2) is 7.90. The van der Waals surface area contributed by atoms with Crippen LogP contribution in [-0.4, -0.2) is 31.9 Å². The molecule has 1 aliphatic carbocycles. The van der Waals surface area contributed by atoms with Gasteiger partial charge in [0.15, 0.2) is 9.84 Å². The van der Waals surface area contributed by atoms with E-state index < -0.39 is 39.8 Å². The Bertz CT molecular complexity index is 1330. The van der Waals surface area contributed by atoms with Crippen LogP contribution in [0, 0.1) is 11.3 Å². The monoisotopic (exact) mass is 477 g/mol. The first-order valence-corrected chi connectivity index (χ1v) is 11.7. The number of carbonyl (C=O) groups excluding carboxylic acids is 1. The summed E-state index contributed by atoms with van der Waals surface area (Å²) in [4.78, 5) is 14.0. The van der Waals surface area contributed by atoms with Crippen molar-refractivity contribution in [3.8, 4) is 6.07 Å².